The molecule has 1 aliphatic rings. The molecule has 6 heteroatoms. The Kier molecular flexibility index (Phi) is 5.88. The molecule has 1 aromatic rings. The molecule has 0 aromatic heterocycles. The first-order valence-electron chi connectivity index (χ1n) is 7.86. The molecule has 1 aromatic carbocycles. The summed E-state index contributed by atoms with van der Waals surface area (Å²) in [4.78, 5) is 25.5. The number of rotatable bonds is 5. The number of carboxylic acids is 1. The third kappa shape index (κ3) is 4.16. The van der Waals surface area contributed by atoms with Gasteiger partial charge >= 0.3 is 5.97 Å². The molecule has 0 aliphatic carbocycles. The molecule has 1 N–H and O–H groups in total. The average molecular weight is 340 g/mol. The van der Waals surface area contributed by atoms with Crippen LogP contribution in [-0.2, 0) is 16.0 Å². The molecule has 1 saturated heterocycles. The molecule has 23 heavy (non-hydrogen) atoms. The standard InChI is InChI=1S/C17H22ClNO4/c1-3-23-16-12(5-4-6-14(16)18)9-15(20)19-10-13(17(21)22)8-7-11(19)2/h4-6,11,13H,3,7-10H2,1-2H3,(H,21,22). The number of piperidine rings is 1. The van der Waals surface area contributed by atoms with Crippen molar-refractivity contribution in [3.8, 4) is 5.75 Å². The fourth-order valence-electron chi connectivity index (χ4n) is 2.92. The quantitative estimate of drug-likeness (QED) is 0.895. The number of para-hydroxylation sites is 1. The van der Waals surface area contributed by atoms with Crippen LogP contribution in [0.5, 0.6) is 5.75 Å². The molecule has 0 spiro atoms. The molecular formula is C17H22ClNO4. The normalized spacial score (nSPS) is 21.1. The van der Waals surface area contributed by atoms with Crippen molar-refractivity contribution in [1.82, 2.24) is 4.90 Å². The molecule has 0 bridgehead atoms. The average Bonchev–Trinajstić information content (AvgIpc) is 2.50. The molecule has 1 fully saturated rings. The fraction of sp³-hybridized carbons (Fsp3) is 0.529. The van der Waals surface area contributed by atoms with E-state index in [4.69, 9.17) is 16.3 Å². The van der Waals surface area contributed by atoms with Crippen molar-refractivity contribution in [2.24, 2.45) is 5.92 Å². The van der Waals surface area contributed by atoms with Gasteiger partial charge in [0.15, 0.2) is 0 Å². The highest BCUT2D eigenvalue weighted by Crippen LogP contribution is 2.30. The molecule has 5 nitrogen and oxygen atoms in total. The third-order valence-electron chi connectivity index (χ3n) is 4.23. The van der Waals surface area contributed by atoms with Gasteiger partial charge in [-0.2, -0.15) is 0 Å². The fourth-order valence-corrected chi connectivity index (χ4v) is 3.17. The summed E-state index contributed by atoms with van der Waals surface area (Å²) in [7, 11) is 0. The first kappa shape index (κ1) is 17.6. The number of carbonyl (C=O) groups is 2. The van der Waals surface area contributed by atoms with Gasteiger partial charge in [-0.3, -0.25) is 9.59 Å². The van der Waals surface area contributed by atoms with Crippen LogP contribution in [0.15, 0.2) is 18.2 Å². The number of benzene rings is 1. The number of amides is 1. The van der Waals surface area contributed by atoms with E-state index >= 15 is 0 Å². The summed E-state index contributed by atoms with van der Waals surface area (Å²) in [6, 6.07) is 5.38. The molecular weight excluding hydrogens is 318 g/mol. The van der Waals surface area contributed by atoms with E-state index in [0.717, 1.165) is 5.56 Å². The van der Waals surface area contributed by atoms with Crippen LogP contribution in [0.2, 0.25) is 5.02 Å². The highest BCUT2D eigenvalue weighted by atomic mass is 35.5. The second-order valence-electron chi connectivity index (χ2n) is 5.85. The van der Waals surface area contributed by atoms with Gasteiger partial charge < -0.3 is 14.7 Å². The van der Waals surface area contributed by atoms with Crippen molar-refractivity contribution in [3.05, 3.63) is 28.8 Å². The Bertz CT molecular complexity index is 590. The lowest BCUT2D eigenvalue weighted by atomic mass is 9.93. The number of hydrogen-bond acceptors (Lipinski definition) is 3. The second kappa shape index (κ2) is 7.68. The van der Waals surface area contributed by atoms with Crippen LogP contribution in [0.3, 0.4) is 0 Å². The van der Waals surface area contributed by atoms with E-state index < -0.39 is 11.9 Å². The zero-order chi connectivity index (χ0) is 17.0. The Labute approximate surface area is 141 Å². The van der Waals surface area contributed by atoms with E-state index in [9.17, 15) is 14.7 Å². The second-order valence-corrected chi connectivity index (χ2v) is 6.25. The first-order chi connectivity index (χ1) is 10.9. The van der Waals surface area contributed by atoms with E-state index in [0.29, 0.717) is 30.2 Å². The number of halogens is 1. The minimum atomic E-state index is -0.840. The molecule has 1 heterocycles. The maximum absolute atomic E-state index is 12.6. The summed E-state index contributed by atoms with van der Waals surface area (Å²) in [6.07, 6.45) is 1.48. The van der Waals surface area contributed by atoms with Crippen LogP contribution < -0.4 is 4.74 Å². The van der Waals surface area contributed by atoms with Crippen molar-refractivity contribution in [3.63, 3.8) is 0 Å². The van der Waals surface area contributed by atoms with Gasteiger partial charge in [0.1, 0.15) is 5.75 Å². The topological polar surface area (TPSA) is 66.8 Å². The first-order valence-corrected chi connectivity index (χ1v) is 8.24. The maximum atomic E-state index is 12.6. The highest BCUT2D eigenvalue weighted by molar-refractivity contribution is 6.32. The molecule has 1 aliphatic heterocycles. The molecule has 0 saturated carbocycles. The van der Waals surface area contributed by atoms with Crippen LogP contribution in [0.4, 0.5) is 0 Å². The van der Waals surface area contributed by atoms with Crippen LogP contribution in [-0.4, -0.2) is 41.1 Å². The van der Waals surface area contributed by atoms with Gasteiger partial charge in [-0.1, -0.05) is 23.7 Å². The zero-order valence-corrected chi connectivity index (χ0v) is 14.2. The van der Waals surface area contributed by atoms with Crippen LogP contribution in [0.25, 0.3) is 0 Å². The molecule has 126 valence electrons. The van der Waals surface area contributed by atoms with Gasteiger partial charge in [0.05, 0.1) is 24.0 Å². The minimum absolute atomic E-state index is 0.0489. The predicted molar refractivity (Wildman–Crippen MR) is 87.9 cm³/mol. The summed E-state index contributed by atoms with van der Waals surface area (Å²) in [5.74, 6) is -0.885. The number of likely N-dealkylation sites (tertiary alicyclic amines) is 1. The van der Waals surface area contributed by atoms with Crippen molar-refractivity contribution < 1.29 is 19.4 Å². The van der Waals surface area contributed by atoms with E-state index in [1.165, 1.54) is 0 Å². The monoisotopic (exact) mass is 339 g/mol. The summed E-state index contributed by atoms with van der Waals surface area (Å²) in [5, 5.41) is 9.67. The number of hydrogen-bond donors (Lipinski definition) is 1. The Morgan fingerprint density at radius 2 is 2.13 bits per heavy atom. The van der Waals surface area contributed by atoms with Gasteiger partial charge in [0.2, 0.25) is 5.91 Å². The number of aliphatic carboxylic acids is 1. The van der Waals surface area contributed by atoms with E-state index in [1.807, 2.05) is 19.9 Å². The lowest BCUT2D eigenvalue weighted by molar-refractivity contribution is -0.147. The minimum Gasteiger partial charge on any atom is -0.492 e. The molecule has 2 rings (SSSR count). The summed E-state index contributed by atoms with van der Waals surface area (Å²) >= 11 is 6.14. The summed E-state index contributed by atoms with van der Waals surface area (Å²) in [6.45, 7) is 4.54. The lowest BCUT2D eigenvalue weighted by Gasteiger charge is -2.36. The summed E-state index contributed by atoms with van der Waals surface area (Å²) in [5.41, 5.74) is 0.731. The molecule has 1 amide bonds. The largest absolute Gasteiger partial charge is 0.492 e. The Hall–Kier alpha value is -1.75. The number of nitrogens with zero attached hydrogens (tertiary/aromatic N) is 1. The highest BCUT2D eigenvalue weighted by Gasteiger charge is 2.32. The smallest absolute Gasteiger partial charge is 0.308 e. The Morgan fingerprint density at radius 1 is 1.39 bits per heavy atom. The number of carbonyl (C=O) groups excluding carboxylic acids is 1. The van der Waals surface area contributed by atoms with Crippen LogP contribution in [0, 0.1) is 5.92 Å². The lowest BCUT2D eigenvalue weighted by Crippen LogP contribution is -2.47. The van der Waals surface area contributed by atoms with E-state index in [-0.39, 0.29) is 24.9 Å². The van der Waals surface area contributed by atoms with Crippen molar-refractivity contribution in [2.45, 2.75) is 39.2 Å². The van der Waals surface area contributed by atoms with Crippen molar-refractivity contribution in [2.75, 3.05) is 13.2 Å². The molecule has 0 radical (unpaired) electrons. The Balaban J connectivity index is 2.15. The van der Waals surface area contributed by atoms with E-state index in [2.05, 4.69) is 0 Å². The third-order valence-corrected chi connectivity index (χ3v) is 4.53. The van der Waals surface area contributed by atoms with Crippen LogP contribution >= 0.6 is 11.6 Å². The van der Waals surface area contributed by atoms with Gasteiger partial charge in [-0.25, -0.2) is 0 Å². The zero-order valence-electron chi connectivity index (χ0n) is 13.4. The molecule has 2 atom stereocenters. The van der Waals surface area contributed by atoms with Gasteiger partial charge in [0, 0.05) is 18.2 Å². The predicted octanol–water partition coefficient (Wildman–Crippen LogP) is 2.99. The van der Waals surface area contributed by atoms with Crippen molar-refractivity contribution in [1.29, 1.82) is 0 Å². The van der Waals surface area contributed by atoms with Gasteiger partial charge in [0.25, 0.3) is 0 Å². The maximum Gasteiger partial charge on any atom is 0.308 e. The van der Waals surface area contributed by atoms with Gasteiger partial charge in [-0.05, 0) is 32.8 Å². The SMILES string of the molecule is CCOc1c(Cl)cccc1CC(=O)N1CC(C(=O)O)CCC1C. The number of carboxylic acid groups (broad SMARTS) is 1. The van der Waals surface area contributed by atoms with Gasteiger partial charge in [-0.15, -0.1) is 0 Å². The molecule has 2 unspecified atom stereocenters. The summed E-state index contributed by atoms with van der Waals surface area (Å²) < 4.78 is 5.55. The Morgan fingerprint density at radius 3 is 2.78 bits per heavy atom. The number of ether oxygens (including phenoxy) is 1. The van der Waals surface area contributed by atoms with E-state index in [1.54, 1.807) is 17.0 Å². The van der Waals surface area contributed by atoms with Crippen LogP contribution in [0.1, 0.15) is 32.3 Å². The van der Waals surface area contributed by atoms with Crippen molar-refractivity contribution >= 4 is 23.5 Å².